The van der Waals surface area contributed by atoms with Crippen molar-refractivity contribution in [3.63, 3.8) is 0 Å². The van der Waals surface area contributed by atoms with Crippen LogP contribution >= 0.6 is 0 Å². The first-order chi connectivity index (χ1) is 8.09. The van der Waals surface area contributed by atoms with Crippen LogP contribution in [0.2, 0.25) is 0 Å². The molecule has 2 rings (SSSR count). The van der Waals surface area contributed by atoms with Crippen LogP contribution in [0.5, 0.6) is 0 Å². The largest absolute Gasteiger partial charge is 0.512 e. The molecule has 0 saturated heterocycles. The summed E-state index contributed by atoms with van der Waals surface area (Å²) in [5.41, 5.74) is 1.96. The number of allylic oxidation sites excluding steroid dienone is 2. The maximum absolute atomic E-state index is 11.4. The molecule has 1 heterocycles. The fraction of sp³-hybridized carbons (Fsp3) is 0.250. The summed E-state index contributed by atoms with van der Waals surface area (Å²) in [4.78, 5) is 11.4. The van der Waals surface area contributed by atoms with E-state index in [1.54, 1.807) is 4.68 Å². The molecule has 0 atom stereocenters. The minimum Gasteiger partial charge on any atom is -0.512 e. The molecule has 0 radical (unpaired) electrons. The Morgan fingerprint density at radius 1 is 1.35 bits per heavy atom. The van der Waals surface area contributed by atoms with Crippen LogP contribution in [0.25, 0.3) is 11.0 Å². The average molecular weight is 231 g/mol. The number of benzene rings is 1. The number of hydrogen-bond donors (Lipinski definition) is 1. The molecule has 0 unspecified atom stereocenters. The van der Waals surface area contributed by atoms with Gasteiger partial charge in [0.25, 0.3) is 0 Å². The van der Waals surface area contributed by atoms with E-state index in [4.69, 9.17) is 0 Å². The third-order valence-electron chi connectivity index (χ3n) is 2.59. The number of nitrogens with zero attached hydrogens (tertiary/aromatic N) is 3. The second-order valence-electron chi connectivity index (χ2n) is 3.86. The van der Waals surface area contributed by atoms with Crippen molar-refractivity contribution in [2.75, 3.05) is 0 Å². The lowest BCUT2D eigenvalue weighted by Crippen LogP contribution is -2.10. The maximum atomic E-state index is 11.4. The molecule has 0 amide bonds. The van der Waals surface area contributed by atoms with Gasteiger partial charge in [-0.25, -0.2) is 4.68 Å². The highest BCUT2D eigenvalue weighted by Gasteiger charge is 2.12. The Hall–Kier alpha value is -2.17. The van der Waals surface area contributed by atoms with Gasteiger partial charge in [0.2, 0.25) is 0 Å². The predicted molar refractivity (Wildman–Crippen MR) is 63.5 cm³/mol. The molecule has 0 aliphatic carbocycles. The van der Waals surface area contributed by atoms with Crippen LogP contribution in [0.4, 0.5) is 0 Å². The molecule has 1 N–H and O–H groups in total. The second kappa shape index (κ2) is 4.37. The van der Waals surface area contributed by atoms with Crippen molar-refractivity contribution in [2.45, 2.75) is 20.4 Å². The summed E-state index contributed by atoms with van der Waals surface area (Å²) in [5, 5.41) is 17.4. The van der Waals surface area contributed by atoms with Crippen molar-refractivity contribution < 1.29 is 9.90 Å². The minimum atomic E-state index is -0.162. The number of carbonyl (C=O) groups is 1. The standard InChI is InChI=1S/C12H13N3O2/c1-8(16)10(9(2)17)7-15-12-6-4-3-5-11(12)13-14-15/h3-6,16H,7H2,1-2H3/b10-8+. The number of carbonyl (C=O) groups excluding carboxylic acids is 1. The summed E-state index contributed by atoms with van der Waals surface area (Å²) in [6.45, 7) is 3.15. The van der Waals surface area contributed by atoms with E-state index < -0.39 is 0 Å². The number of rotatable bonds is 3. The summed E-state index contributed by atoms with van der Waals surface area (Å²) in [5.74, 6) is -0.137. The Kier molecular flexibility index (Phi) is 2.91. The smallest absolute Gasteiger partial charge is 0.161 e. The van der Waals surface area contributed by atoms with Gasteiger partial charge in [-0.3, -0.25) is 4.79 Å². The van der Waals surface area contributed by atoms with E-state index in [0.29, 0.717) is 5.57 Å². The lowest BCUT2D eigenvalue weighted by molar-refractivity contribution is -0.114. The Balaban J connectivity index is 2.42. The molecule has 0 aliphatic heterocycles. The Labute approximate surface area is 98.4 Å². The zero-order chi connectivity index (χ0) is 12.4. The van der Waals surface area contributed by atoms with E-state index in [1.807, 2.05) is 24.3 Å². The van der Waals surface area contributed by atoms with Crippen molar-refractivity contribution in [1.82, 2.24) is 15.0 Å². The van der Waals surface area contributed by atoms with Crippen molar-refractivity contribution in [3.05, 3.63) is 35.6 Å². The van der Waals surface area contributed by atoms with Crippen molar-refractivity contribution in [1.29, 1.82) is 0 Å². The summed E-state index contributed by atoms with van der Waals surface area (Å²) in [7, 11) is 0. The summed E-state index contributed by atoms with van der Waals surface area (Å²) >= 11 is 0. The summed E-state index contributed by atoms with van der Waals surface area (Å²) in [6, 6.07) is 7.48. The molecule has 0 saturated carbocycles. The number of aromatic nitrogens is 3. The van der Waals surface area contributed by atoms with E-state index in [0.717, 1.165) is 11.0 Å². The zero-order valence-electron chi connectivity index (χ0n) is 9.71. The van der Waals surface area contributed by atoms with Crippen LogP contribution in [0, 0.1) is 0 Å². The average Bonchev–Trinajstić information content (AvgIpc) is 2.68. The van der Waals surface area contributed by atoms with Crippen molar-refractivity contribution >= 4 is 16.8 Å². The Bertz CT molecular complexity index is 595. The van der Waals surface area contributed by atoms with Crippen molar-refractivity contribution in [3.8, 4) is 0 Å². The van der Waals surface area contributed by atoms with Crippen LogP contribution in [0.1, 0.15) is 13.8 Å². The molecule has 1 aromatic carbocycles. The molecule has 17 heavy (non-hydrogen) atoms. The fourth-order valence-electron chi connectivity index (χ4n) is 1.66. The molecule has 5 heteroatoms. The number of hydrogen-bond acceptors (Lipinski definition) is 4. The minimum absolute atomic E-state index is 0.0251. The lowest BCUT2D eigenvalue weighted by atomic mass is 10.1. The third-order valence-corrected chi connectivity index (χ3v) is 2.59. The van der Waals surface area contributed by atoms with E-state index in [9.17, 15) is 9.90 Å². The van der Waals surface area contributed by atoms with Gasteiger partial charge in [0.05, 0.1) is 23.4 Å². The summed E-state index contributed by atoms with van der Waals surface area (Å²) < 4.78 is 1.60. The Morgan fingerprint density at radius 2 is 2.06 bits per heavy atom. The van der Waals surface area contributed by atoms with Crippen LogP contribution in [-0.2, 0) is 11.3 Å². The number of Topliss-reactive ketones (excluding diaryl/α,β-unsaturated/α-hetero) is 1. The highest BCUT2D eigenvalue weighted by molar-refractivity contribution is 5.93. The molecule has 0 aliphatic rings. The van der Waals surface area contributed by atoms with Crippen molar-refractivity contribution in [2.24, 2.45) is 0 Å². The Morgan fingerprint density at radius 3 is 2.71 bits per heavy atom. The number of ketones is 1. The van der Waals surface area contributed by atoms with Crippen LogP contribution in [0.15, 0.2) is 35.6 Å². The van der Waals surface area contributed by atoms with E-state index in [-0.39, 0.29) is 18.1 Å². The SMILES string of the molecule is CC(=O)/C(Cn1nnc2ccccc21)=C(\C)O. The molecule has 0 spiro atoms. The number of aliphatic hydroxyl groups is 1. The zero-order valence-corrected chi connectivity index (χ0v) is 9.71. The van der Waals surface area contributed by atoms with Gasteiger partial charge in [-0.15, -0.1) is 5.10 Å². The van der Waals surface area contributed by atoms with Gasteiger partial charge in [0.1, 0.15) is 5.52 Å². The molecule has 1 aromatic heterocycles. The molecule has 5 nitrogen and oxygen atoms in total. The number of para-hydroxylation sites is 1. The maximum Gasteiger partial charge on any atom is 0.161 e. The lowest BCUT2D eigenvalue weighted by Gasteiger charge is -2.05. The first-order valence-corrected chi connectivity index (χ1v) is 5.27. The second-order valence-corrected chi connectivity index (χ2v) is 3.86. The molecular weight excluding hydrogens is 218 g/mol. The molecular formula is C12H13N3O2. The molecule has 88 valence electrons. The van der Waals surface area contributed by atoms with Gasteiger partial charge in [0.15, 0.2) is 5.78 Å². The number of fused-ring (bicyclic) bond motifs is 1. The van der Waals surface area contributed by atoms with Gasteiger partial charge >= 0.3 is 0 Å². The van der Waals surface area contributed by atoms with E-state index in [1.165, 1.54) is 13.8 Å². The first-order valence-electron chi connectivity index (χ1n) is 5.27. The highest BCUT2D eigenvalue weighted by Crippen LogP contribution is 2.13. The first kappa shape index (κ1) is 11.3. The quantitative estimate of drug-likeness (QED) is 0.646. The highest BCUT2D eigenvalue weighted by atomic mass is 16.3. The predicted octanol–water partition coefficient (Wildman–Crippen LogP) is 1.85. The van der Waals surface area contributed by atoms with E-state index >= 15 is 0 Å². The molecule has 0 fully saturated rings. The number of aliphatic hydroxyl groups excluding tert-OH is 1. The normalized spacial score (nSPS) is 12.6. The topological polar surface area (TPSA) is 68.0 Å². The van der Waals surface area contributed by atoms with Gasteiger partial charge in [-0.1, -0.05) is 17.3 Å². The fourth-order valence-corrected chi connectivity index (χ4v) is 1.66. The molecule has 2 aromatic rings. The van der Waals surface area contributed by atoms with E-state index in [2.05, 4.69) is 10.3 Å². The van der Waals surface area contributed by atoms with Crippen LogP contribution < -0.4 is 0 Å². The molecule has 0 bridgehead atoms. The van der Waals surface area contributed by atoms with Gasteiger partial charge < -0.3 is 5.11 Å². The monoisotopic (exact) mass is 231 g/mol. The van der Waals surface area contributed by atoms with Gasteiger partial charge in [-0.2, -0.15) is 0 Å². The van der Waals surface area contributed by atoms with Crippen LogP contribution in [-0.4, -0.2) is 25.9 Å². The van der Waals surface area contributed by atoms with Gasteiger partial charge in [-0.05, 0) is 26.0 Å². The van der Waals surface area contributed by atoms with Crippen LogP contribution in [0.3, 0.4) is 0 Å². The summed E-state index contributed by atoms with van der Waals surface area (Å²) in [6.07, 6.45) is 0. The van der Waals surface area contributed by atoms with Gasteiger partial charge in [0, 0.05) is 0 Å². The third kappa shape index (κ3) is 2.18.